The van der Waals surface area contributed by atoms with Crippen molar-refractivity contribution in [2.75, 3.05) is 13.1 Å². The van der Waals surface area contributed by atoms with Crippen LogP contribution in [0.3, 0.4) is 0 Å². The molecule has 0 aromatic rings. The van der Waals surface area contributed by atoms with Gasteiger partial charge in [-0.3, -0.25) is 0 Å². The third-order valence-corrected chi connectivity index (χ3v) is 3.75. The van der Waals surface area contributed by atoms with E-state index in [1.807, 2.05) is 0 Å². The van der Waals surface area contributed by atoms with Crippen molar-refractivity contribution in [2.45, 2.75) is 44.4 Å². The molecule has 0 radical (unpaired) electrons. The van der Waals surface area contributed by atoms with Crippen molar-refractivity contribution in [1.82, 2.24) is 4.90 Å². The van der Waals surface area contributed by atoms with Gasteiger partial charge >= 0.3 is 11.9 Å². The topological polar surface area (TPSA) is 118 Å². The minimum Gasteiger partial charge on any atom is -0.479 e. The van der Waals surface area contributed by atoms with Crippen molar-refractivity contribution < 1.29 is 30.0 Å². The lowest BCUT2D eigenvalue weighted by atomic mass is 10.0. The zero-order valence-corrected chi connectivity index (χ0v) is 10.9. The van der Waals surface area contributed by atoms with Crippen molar-refractivity contribution in [2.24, 2.45) is 5.92 Å². The second-order valence-corrected chi connectivity index (χ2v) is 5.08. The van der Waals surface area contributed by atoms with E-state index in [4.69, 9.17) is 20.4 Å². The van der Waals surface area contributed by atoms with Crippen molar-refractivity contribution in [1.29, 1.82) is 0 Å². The second kappa shape index (κ2) is 6.83. The van der Waals surface area contributed by atoms with Crippen LogP contribution in [0.5, 0.6) is 0 Å². The lowest BCUT2D eigenvalue weighted by Gasteiger charge is -2.16. The van der Waals surface area contributed by atoms with Gasteiger partial charge in [0.1, 0.15) is 0 Å². The molecule has 4 N–H and O–H groups in total. The third-order valence-electron chi connectivity index (χ3n) is 3.75. The molecule has 110 valence electrons. The van der Waals surface area contributed by atoms with Gasteiger partial charge < -0.3 is 25.3 Å². The summed E-state index contributed by atoms with van der Waals surface area (Å²) in [6.45, 7) is 5.16. The number of carboxylic acids is 2. The average molecular weight is 275 g/mol. The molecule has 7 nitrogen and oxygen atoms in total. The monoisotopic (exact) mass is 275 g/mol. The van der Waals surface area contributed by atoms with Crippen molar-refractivity contribution >= 4 is 11.9 Å². The Morgan fingerprint density at radius 3 is 2.00 bits per heavy atom. The Morgan fingerprint density at radius 1 is 1.05 bits per heavy atom. The van der Waals surface area contributed by atoms with Crippen LogP contribution in [0.2, 0.25) is 0 Å². The molecule has 2 fully saturated rings. The fourth-order valence-corrected chi connectivity index (χ4v) is 2.61. The molecule has 7 heteroatoms. The normalized spacial score (nSPS) is 29.0. The van der Waals surface area contributed by atoms with E-state index in [0.29, 0.717) is 0 Å². The lowest BCUT2D eigenvalue weighted by Crippen LogP contribution is -2.39. The second-order valence-electron chi connectivity index (χ2n) is 5.08. The highest BCUT2D eigenvalue weighted by atomic mass is 16.4. The smallest absolute Gasteiger partial charge is 0.335 e. The zero-order valence-electron chi connectivity index (χ0n) is 10.9. The molecule has 4 unspecified atom stereocenters. The summed E-state index contributed by atoms with van der Waals surface area (Å²) < 4.78 is 0. The molecule has 0 aromatic carbocycles. The number of hydrogen-bond acceptors (Lipinski definition) is 5. The Hall–Kier alpha value is -1.18. The lowest BCUT2D eigenvalue weighted by molar-refractivity contribution is -0.165. The van der Waals surface area contributed by atoms with E-state index in [1.165, 1.54) is 32.4 Å². The number of aliphatic hydroxyl groups excluding tert-OH is 2. The molecule has 2 saturated heterocycles. The van der Waals surface area contributed by atoms with Crippen LogP contribution < -0.4 is 0 Å². The maximum atomic E-state index is 9.77. The summed E-state index contributed by atoms with van der Waals surface area (Å²) >= 11 is 0. The van der Waals surface area contributed by atoms with Gasteiger partial charge in [0.05, 0.1) is 0 Å². The van der Waals surface area contributed by atoms with Crippen molar-refractivity contribution in [3.63, 3.8) is 0 Å². The van der Waals surface area contributed by atoms with E-state index in [1.54, 1.807) is 0 Å². The van der Waals surface area contributed by atoms with E-state index < -0.39 is 24.1 Å². The maximum absolute atomic E-state index is 9.77. The van der Waals surface area contributed by atoms with E-state index in [9.17, 15) is 9.59 Å². The molecular formula is C12H21NO6. The van der Waals surface area contributed by atoms with Crippen LogP contribution in [0.1, 0.15) is 26.2 Å². The van der Waals surface area contributed by atoms with E-state index >= 15 is 0 Å². The number of carbonyl (C=O) groups is 2. The fraction of sp³-hybridized carbons (Fsp3) is 0.833. The van der Waals surface area contributed by atoms with E-state index in [0.717, 1.165) is 12.0 Å². The van der Waals surface area contributed by atoms with Crippen LogP contribution in [-0.2, 0) is 9.59 Å². The summed E-state index contributed by atoms with van der Waals surface area (Å²) in [6.07, 6.45) is -0.157. The molecule has 0 aliphatic carbocycles. The van der Waals surface area contributed by atoms with E-state index in [2.05, 4.69) is 11.8 Å². The summed E-state index contributed by atoms with van der Waals surface area (Å²) in [5.41, 5.74) is 0. The van der Waals surface area contributed by atoms with Gasteiger partial charge in [0.15, 0.2) is 12.2 Å². The van der Waals surface area contributed by atoms with Crippen molar-refractivity contribution in [3.05, 3.63) is 0 Å². The first-order chi connectivity index (χ1) is 8.84. The van der Waals surface area contributed by atoms with Crippen LogP contribution in [0.4, 0.5) is 0 Å². The number of carboxylic acid groups (broad SMARTS) is 2. The molecule has 4 atom stereocenters. The summed E-state index contributed by atoms with van der Waals surface area (Å²) in [7, 11) is 0. The first kappa shape index (κ1) is 15.9. The first-order valence-corrected chi connectivity index (χ1v) is 6.40. The zero-order chi connectivity index (χ0) is 14.6. The summed E-state index contributed by atoms with van der Waals surface area (Å²) in [5, 5.41) is 32.5. The highest BCUT2D eigenvalue weighted by Gasteiger charge is 2.33. The molecule has 0 saturated carbocycles. The summed E-state index contributed by atoms with van der Waals surface area (Å²) in [5.74, 6) is -2.54. The number of rotatable bonds is 3. The van der Waals surface area contributed by atoms with Gasteiger partial charge in [-0.1, -0.05) is 6.92 Å². The van der Waals surface area contributed by atoms with Gasteiger partial charge in [-0.25, -0.2) is 9.59 Å². The standard InChI is InChI=1S/C8H15N.C4H6O6/c1-7-4-6-9-5-2-3-8(7)9;5-1(3(7)8)2(6)4(9)10/h7-8H,2-6H2,1H3;1-2,5-6H,(H,7,8)(H,9,10). The third kappa shape index (κ3) is 4.15. The number of nitrogens with zero attached hydrogens (tertiary/aromatic N) is 1. The van der Waals surface area contributed by atoms with Gasteiger partial charge in [0.2, 0.25) is 0 Å². The molecule has 0 spiro atoms. The van der Waals surface area contributed by atoms with Gasteiger partial charge in [-0.05, 0) is 38.3 Å². The van der Waals surface area contributed by atoms with Crippen LogP contribution in [0.15, 0.2) is 0 Å². The SMILES string of the molecule is CC1CCN2CCCC12.O=C(O)C(O)C(O)C(=O)O. The highest BCUT2D eigenvalue weighted by Crippen LogP contribution is 2.31. The largest absolute Gasteiger partial charge is 0.479 e. The number of hydrogen-bond donors (Lipinski definition) is 4. The number of aliphatic hydroxyl groups is 2. The summed E-state index contributed by atoms with van der Waals surface area (Å²) in [4.78, 5) is 22.2. The van der Waals surface area contributed by atoms with Crippen LogP contribution >= 0.6 is 0 Å². The van der Waals surface area contributed by atoms with Gasteiger partial charge in [0.25, 0.3) is 0 Å². The Kier molecular flexibility index (Phi) is 5.71. The van der Waals surface area contributed by atoms with Gasteiger partial charge in [-0.2, -0.15) is 0 Å². The minimum atomic E-state index is -2.27. The predicted octanol–water partition coefficient (Wildman–Crippen LogP) is -0.632. The van der Waals surface area contributed by atoms with Crippen LogP contribution in [0.25, 0.3) is 0 Å². The number of aliphatic carboxylic acids is 2. The molecule has 2 aliphatic heterocycles. The van der Waals surface area contributed by atoms with Gasteiger partial charge in [-0.15, -0.1) is 0 Å². The predicted molar refractivity (Wildman–Crippen MR) is 65.7 cm³/mol. The van der Waals surface area contributed by atoms with Crippen LogP contribution in [-0.4, -0.2) is 68.6 Å². The minimum absolute atomic E-state index is 0.977. The Bertz CT molecular complexity index is 316. The molecule has 2 heterocycles. The Labute approximate surface area is 111 Å². The Balaban J connectivity index is 0.000000190. The van der Waals surface area contributed by atoms with Gasteiger partial charge in [0, 0.05) is 6.04 Å². The van der Waals surface area contributed by atoms with Crippen LogP contribution in [0, 0.1) is 5.92 Å². The molecular weight excluding hydrogens is 254 g/mol. The molecule has 2 aliphatic rings. The first-order valence-electron chi connectivity index (χ1n) is 6.40. The fourth-order valence-electron chi connectivity index (χ4n) is 2.61. The molecule has 0 bridgehead atoms. The maximum Gasteiger partial charge on any atom is 0.335 e. The molecule has 19 heavy (non-hydrogen) atoms. The number of fused-ring (bicyclic) bond motifs is 1. The molecule has 0 amide bonds. The molecule has 0 aromatic heterocycles. The Morgan fingerprint density at radius 2 is 1.58 bits per heavy atom. The van der Waals surface area contributed by atoms with Crippen molar-refractivity contribution in [3.8, 4) is 0 Å². The van der Waals surface area contributed by atoms with E-state index in [-0.39, 0.29) is 0 Å². The highest BCUT2D eigenvalue weighted by molar-refractivity contribution is 5.83. The molecule has 2 rings (SSSR count). The quantitative estimate of drug-likeness (QED) is 0.541. The average Bonchev–Trinajstić information content (AvgIpc) is 2.94. The summed E-state index contributed by atoms with van der Waals surface area (Å²) in [6, 6.07) is 0.977.